The number of hydrogen-bond acceptors (Lipinski definition) is 8. The third-order valence-corrected chi connectivity index (χ3v) is 7.24. The summed E-state index contributed by atoms with van der Waals surface area (Å²) in [4.78, 5) is 45.8. The molecule has 1 unspecified atom stereocenters. The molecule has 2 aromatic carbocycles. The Bertz CT molecular complexity index is 1520. The molecule has 5 rings (SSSR count). The molecule has 0 aliphatic carbocycles. The van der Waals surface area contributed by atoms with Crippen LogP contribution in [0.4, 0.5) is 5.13 Å². The highest BCUT2D eigenvalue weighted by atomic mass is 32.1. The van der Waals surface area contributed by atoms with E-state index in [1.165, 1.54) is 12.0 Å². The van der Waals surface area contributed by atoms with Crippen LogP contribution in [0.2, 0.25) is 0 Å². The number of methoxy groups -OCH3 is 1. The standard InChI is InChI=1S/C27H24N2O6S/c1-4-5-14-34-17-12-10-16(11-13-17)21-20-22(30)18-8-6-7-9-19(18)35-23(20)25(31)29(21)27-28-15(2)24(36-27)26(32)33-3/h6-13,21H,4-5,14H2,1-3H3. The van der Waals surface area contributed by atoms with Gasteiger partial charge in [-0.05, 0) is 43.2 Å². The molecule has 3 heterocycles. The van der Waals surface area contributed by atoms with Gasteiger partial charge in [0.15, 0.2) is 10.6 Å². The smallest absolute Gasteiger partial charge is 0.350 e. The van der Waals surface area contributed by atoms with Gasteiger partial charge in [0.1, 0.15) is 16.2 Å². The van der Waals surface area contributed by atoms with Crippen LogP contribution < -0.4 is 15.1 Å². The van der Waals surface area contributed by atoms with Crippen LogP contribution in [0.5, 0.6) is 5.75 Å². The molecule has 1 atom stereocenters. The van der Waals surface area contributed by atoms with Crippen LogP contribution in [0.3, 0.4) is 0 Å². The summed E-state index contributed by atoms with van der Waals surface area (Å²) in [6.45, 7) is 4.38. The Labute approximate surface area is 211 Å². The van der Waals surface area contributed by atoms with Crippen molar-refractivity contribution in [1.82, 2.24) is 4.98 Å². The van der Waals surface area contributed by atoms with Crippen molar-refractivity contribution in [2.24, 2.45) is 0 Å². The van der Waals surface area contributed by atoms with Gasteiger partial charge in [-0.2, -0.15) is 0 Å². The van der Waals surface area contributed by atoms with Crippen molar-refractivity contribution >= 4 is 39.3 Å². The fraction of sp³-hybridized carbons (Fsp3) is 0.259. The van der Waals surface area contributed by atoms with E-state index >= 15 is 0 Å². The minimum atomic E-state index is -0.783. The van der Waals surface area contributed by atoms with Crippen molar-refractivity contribution in [3.05, 3.63) is 86.2 Å². The Balaban J connectivity index is 1.66. The normalized spacial score (nSPS) is 14.8. The molecule has 0 saturated carbocycles. The topological polar surface area (TPSA) is 98.9 Å². The number of unbranched alkanes of at least 4 members (excludes halogenated alkanes) is 1. The molecule has 0 spiro atoms. The van der Waals surface area contributed by atoms with Gasteiger partial charge in [-0.1, -0.05) is 48.9 Å². The lowest BCUT2D eigenvalue weighted by Gasteiger charge is -2.22. The Morgan fingerprint density at radius 2 is 1.89 bits per heavy atom. The number of ether oxygens (including phenoxy) is 2. The Hall–Kier alpha value is -3.98. The minimum Gasteiger partial charge on any atom is -0.494 e. The van der Waals surface area contributed by atoms with Gasteiger partial charge in [-0.3, -0.25) is 14.5 Å². The van der Waals surface area contributed by atoms with Crippen molar-refractivity contribution in [3.63, 3.8) is 0 Å². The zero-order chi connectivity index (χ0) is 25.4. The third kappa shape index (κ3) is 3.95. The molecule has 0 N–H and O–H groups in total. The second-order valence-electron chi connectivity index (χ2n) is 8.42. The number of benzene rings is 2. The van der Waals surface area contributed by atoms with E-state index in [0.717, 1.165) is 24.2 Å². The highest BCUT2D eigenvalue weighted by Crippen LogP contribution is 2.43. The van der Waals surface area contributed by atoms with Crippen LogP contribution in [-0.4, -0.2) is 30.6 Å². The number of fused-ring (bicyclic) bond motifs is 2. The molecule has 1 amide bonds. The van der Waals surface area contributed by atoms with Gasteiger partial charge < -0.3 is 13.9 Å². The Kier molecular flexibility index (Phi) is 6.32. The lowest BCUT2D eigenvalue weighted by molar-refractivity contribution is 0.0605. The van der Waals surface area contributed by atoms with E-state index in [2.05, 4.69) is 11.9 Å². The summed E-state index contributed by atoms with van der Waals surface area (Å²) >= 11 is 1.04. The molecule has 9 heteroatoms. The van der Waals surface area contributed by atoms with Crippen LogP contribution in [0.25, 0.3) is 11.0 Å². The second-order valence-corrected chi connectivity index (χ2v) is 9.40. The van der Waals surface area contributed by atoms with E-state index < -0.39 is 17.9 Å². The molecular formula is C27H24N2O6S. The van der Waals surface area contributed by atoms with Gasteiger partial charge in [0.2, 0.25) is 5.76 Å². The average Bonchev–Trinajstić information content (AvgIpc) is 3.41. The maximum Gasteiger partial charge on any atom is 0.350 e. The monoisotopic (exact) mass is 504 g/mol. The molecule has 1 aliphatic heterocycles. The van der Waals surface area contributed by atoms with E-state index in [-0.39, 0.29) is 21.9 Å². The number of aromatic nitrogens is 1. The predicted molar refractivity (Wildman–Crippen MR) is 136 cm³/mol. The van der Waals surface area contributed by atoms with E-state index in [1.807, 2.05) is 24.3 Å². The zero-order valence-electron chi connectivity index (χ0n) is 20.1. The molecule has 2 aromatic heterocycles. The van der Waals surface area contributed by atoms with Gasteiger partial charge >= 0.3 is 5.97 Å². The first-order chi connectivity index (χ1) is 17.4. The van der Waals surface area contributed by atoms with Crippen LogP contribution >= 0.6 is 11.3 Å². The number of aryl methyl sites for hydroxylation is 1. The van der Waals surface area contributed by atoms with Crippen molar-refractivity contribution in [2.75, 3.05) is 18.6 Å². The largest absolute Gasteiger partial charge is 0.494 e. The van der Waals surface area contributed by atoms with E-state index in [1.54, 1.807) is 31.2 Å². The number of hydrogen-bond donors (Lipinski definition) is 0. The first-order valence-corrected chi connectivity index (χ1v) is 12.4. The number of anilines is 1. The molecule has 184 valence electrons. The summed E-state index contributed by atoms with van der Waals surface area (Å²) in [5.41, 5.74) is 1.43. The summed E-state index contributed by atoms with van der Waals surface area (Å²) in [5, 5.41) is 0.669. The highest BCUT2D eigenvalue weighted by Gasteiger charge is 2.45. The quantitative estimate of drug-likeness (QED) is 0.250. The van der Waals surface area contributed by atoms with Crippen molar-refractivity contribution in [3.8, 4) is 5.75 Å². The fourth-order valence-electron chi connectivity index (χ4n) is 4.28. The molecule has 4 aromatic rings. The number of thiazole rings is 1. The van der Waals surface area contributed by atoms with Crippen molar-refractivity contribution < 1.29 is 23.5 Å². The molecule has 0 fully saturated rings. The zero-order valence-corrected chi connectivity index (χ0v) is 20.9. The Morgan fingerprint density at radius 1 is 1.14 bits per heavy atom. The van der Waals surface area contributed by atoms with E-state index in [0.29, 0.717) is 39.5 Å². The number of carbonyl (C=O) groups is 2. The summed E-state index contributed by atoms with van der Waals surface area (Å²) < 4.78 is 16.6. The van der Waals surface area contributed by atoms with E-state index in [9.17, 15) is 14.4 Å². The fourth-order valence-corrected chi connectivity index (χ4v) is 5.29. The summed E-state index contributed by atoms with van der Waals surface area (Å²) in [6.07, 6.45) is 1.97. The van der Waals surface area contributed by atoms with Gasteiger partial charge in [-0.25, -0.2) is 9.78 Å². The molecule has 0 radical (unpaired) electrons. The first-order valence-electron chi connectivity index (χ1n) is 11.6. The molecule has 0 bridgehead atoms. The average molecular weight is 505 g/mol. The molecular weight excluding hydrogens is 480 g/mol. The number of carbonyl (C=O) groups excluding carboxylic acids is 2. The lowest BCUT2D eigenvalue weighted by Crippen LogP contribution is -2.29. The third-order valence-electron chi connectivity index (χ3n) is 6.10. The first kappa shape index (κ1) is 23.7. The van der Waals surface area contributed by atoms with Gasteiger partial charge in [-0.15, -0.1) is 0 Å². The summed E-state index contributed by atoms with van der Waals surface area (Å²) in [5.74, 6) is -0.358. The number of esters is 1. The Morgan fingerprint density at radius 3 is 2.61 bits per heavy atom. The number of nitrogens with zero attached hydrogens (tertiary/aromatic N) is 2. The molecule has 1 aliphatic rings. The van der Waals surface area contributed by atoms with Gasteiger partial charge in [0.05, 0.1) is 36.4 Å². The second kappa shape index (κ2) is 9.58. The van der Waals surface area contributed by atoms with Crippen LogP contribution in [-0.2, 0) is 4.74 Å². The van der Waals surface area contributed by atoms with Crippen LogP contribution in [0, 0.1) is 6.92 Å². The van der Waals surface area contributed by atoms with Crippen LogP contribution in [0.1, 0.15) is 62.9 Å². The summed E-state index contributed by atoms with van der Waals surface area (Å²) in [7, 11) is 1.29. The van der Waals surface area contributed by atoms with Crippen molar-refractivity contribution in [2.45, 2.75) is 32.7 Å². The van der Waals surface area contributed by atoms with Crippen molar-refractivity contribution in [1.29, 1.82) is 0 Å². The number of amides is 1. The lowest BCUT2D eigenvalue weighted by atomic mass is 9.98. The SMILES string of the molecule is CCCCOc1ccc(C2c3c(oc4ccccc4c3=O)C(=O)N2c2nc(C)c(C(=O)OC)s2)cc1. The maximum atomic E-state index is 13.7. The van der Waals surface area contributed by atoms with E-state index in [4.69, 9.17) is 13.9 Å². The minimum absolute atomic E-state index is 0.0283. The highest BCUT2D eigenvalue weighted by molar-refractivity contribution is 7.17. The number of para-hydroxylation sites is 1. The predicted octanol–water partition coefficient (Wildman–Crippen LogP) is 5.27. The van der Waals surface area contributed by atoms with Gasteiger partial charge in [0, 0.05) is 0 Å². The molecule has 0 saturated heterocycles. The summed E-state index contributed by atoms with van der Waals surface area (Å²) in [6, 6.07) is 13.4. The van der Waals surface area contributed by atoms with Gasteiger partial charge in [0.25, 0.3) is 5.91 Å². The van der Waals surface area contributed by atoms with Crippen LogP contribution in [0.15, 0.2) is 57.7 Å². The molecule has 36 heavy (non-hydrogen) atoms. The maximum absolute atomic E-state index is 13.7. The molecule has 8 nitrogen and oxygen atoms in total. The number of rotatable bonds is 7.